The number of hydrogen-bond acceptors (Lipinski definition) is 4. The quantitative estimate of drug-likeness (QED) is 0.477. The molecule has 0 aromatic heterocycles. The molecule has 0 bridgehead atoms. The van der Waals surface area contributed by atoms with E-state index in [4.69, 9.17) is 0 Å². The van der Waals surface area contributed by atoms with Crippen LogP contribution in [0.3, 0.4) is 0 Å². The first-order valence-electron chi connectivity index (χ1n) is 7.95. The van der Waals surface area contributed by atoms with E-state index >= 15 is 0 Å². The molecule has 130 valence electrons. The molecule has 0 unspecified atom stereocenters. The van der Waals surface area contributed by atoms with E-state index in [0.717, 1.165) is 6.07 Å². The second-order valence-electron chi connectivity index (χ2n) is 6.00. The summed E-state index contributed by atoms with van der Waals surface area (Å²) in [5.74, 6) is -1.56. The number of nitro benzene ring substituents is 1. The third-order valence-electron chi connectivity index (χ3n) is 4.48. The SMILES string of the molecule is O=C(c1ccc(F)cc1)C1CCN(c2cccc(F)c2[N+](=O)[O-])CC1. The van der Waals surface area contributed by atoms with Crippen LogP contribution in [-0.4, -0.2) is 23.8 Å². The molecule has 3 rings (SSSR count). The molecule has 2 aromatic carbocycles. The Balaban J connectivity index is 1.72. The lowest BCUT2D eigenvalue weighted by Crippen LogP contribution is -2.36. The minimum absolute atomic E-state index is 0.0617. The molecule has 1 aliphatic rings. The number of nitrogens with zero attached hydrogens (tertiary/aromatic N) is 2. The van der Waals surface area contributed by atoms with Crippen LogP contribution in [0.2, 0.25) is 0 Å². The Morgan fingerprint density at radius 2 is 1.72 bits per heavy atom. The van der Waals surface area contributed by atoms with Gasteiger partial charge in [0.2, 0.25) is 5.82 Å². The normalized spacial score (nSPS) is 15.2. The zero-order valence-electron chi connectivity index (χ0n) is 13.3. The van der Waals surface area contributed by atoms with E-state index in [1.807, 2.05) is 0 Å². The van der Waals surface area contributed by atoms with Crippen molar-refractivity contribution in [3.63, 3.8) is 0 Å². The number of rotatable bonds is 4. The van der Waals surface area contributed by atoms with E-state index in [1.165, 1.54) is 36.4 Å². The lowest BCUT2D eigenvalue weighted by atomic mass is 9.88. The number of para-hydroxylation sites is 1. The van der Waals surface area contributed by atoms with Gasteiger partial charge in [-0.15, -0.1) is 0 Å². The summed E-state index contributed by atoms with van der Waals surface area (Å²) in [7, 11) is 0. The highest BCUT2D eigenvalue weighted by Gasteiger charge is 2.30. The van der Waals surface area contributed by atoms with Crippen molar-refractivity contribution in [2.45, 2.75) is 12.8 Å². The molecule has 2 aromatic rings. The molecular formula is C18H16F2N2O3. The molecule has 0 aliphatic carbocycles. The Labute approximate surface area is 143 Å². The van der Waals surface area contributed by atoms with Crippen LogP contribution in [-0.2, 0) is 0 Å². The molecule has 5 nitrogen and oxygen atoms in total. The summed E-state index contributed by atoms with van der Waals surface area (Å²) in [6.45, 7) is 0.837. The Morgan fingerprint density at radius 1 is 1.08 bits per heavy atom. The summed E-state index contributed by atoms with van der Waals surface area (Å²) >= 11 is 0. The second kappa shape index (κ2) is 6.96. The van der Waals surface area contributed by atoms with Crippen molar-refractivity contribution in [2.24, 2.45) is 5.92 Å². The maximum atomic E-state index is 13.8. The number of Topliss-reactive ketones (excluding diaryl/α,β-unsaturated/α-hetero) is 1. The third-order valence-corrected chi connectivity index (χ3v) is 4.48. The van der Waals surface area contributed by atoms with Gasteiger partial charge in [0, 0.05) is 24.6 Å². The zero-order valence-corrected chi connectivity index (χ0v) is 13.3. The van der Waals surface area contributed by atoms with E-state index in [9.17, 15) is 23.7 Å². The molecule has 1 saturated heterocycles. The number of carbonyl (C=O) groups is 1. The predicted molar refractivity (Wildman–Crippen MR) is 88.7 cm³/mol. The van der Waals surface area contributed by atoms with Gasteiger partial charge in [-0.2, -0.15) is 4.39 Å². The van der Waals surface area contributed by atoms with Gasteiger partial charge in [-0.25, -0.2) is 4.39 Å². The summed E-state index contributed by atoms with van der Waals surface area (Å²) in [6.07, 6.45) is 1.01. The molecule has 0 radical (unpaired) electrons. The Bertz CT molecular complexity index is 800. The standard InChI is InChI=1S/C18H16F2N2O3/c19-14-6-4-12(5-7-14)18(23)13-8-10-21(11-9-13)16-3-1-2-15(20)17(16)22(24)25/h1-7,13H,8-11H2. The van der Waals surface area contributed by atoms with E-state index < -0.39 is 22.2 Å². The molecule has 25 heavy (non-hydrogen) atoms. The summed E-state index contributed by atoms with van der Waals surface area (Å²) in [4.78, 5) is 24.6. The fraction of sp³-hybridized carbons (Fsp3) is 0.278. The molecule has 1 aliphatic heterocycles. The summed E-state index contributed by atoms with van der Waals surface area (Å²) in [6, 6.07) is 9.43. The number of hydrogen-bond donors (Lipinski definition) is 0. The van der Waals surface area contributed by atoms with Crippen LogP contribution in [0.5, 0.6) is 0 Å². The molecule has 1 heterocycles. The van der Waals surface area contributed by atoms with E-state index in [0.29, 0.717) is 31.5 Å². The van der Waals surface area contributed by atoms with Crippen LogP contribution in [0.4, 0.5) is 20.2 Å². The Kier molecular flexibility index (Phi) is 4.74. The van der Waals surface area contributed by atoms with Gasteiger partial charge in [0.15, 0.2) is 5.78 Å². The van der Waals surface area contributed by atoms with Gasteiger partial charge in [0.05, 0.1) is 4.92 Å². The molecular weight excluding hydrogens is 330 g/mol. The van der Waals surface area contributed by atoms with Gasteiger partial charge in [-0.05, 0) is 49.2 Å². The molecule has 0 atom stereocenters. The van der Waals surface area contributed by atoms with Crippen LogP contribution in [0.1, 0.15) is 23.2 Å². The molecule has 7 heteroatoms. The molecule has 0 amide bonds. The number of anilines is 1. The highest BCUT2D eigenvalue weighted by molar-refractivity contribution is 5.98. The van der Waals surface area contributed by atoms with E-state index in [1.54, 1.807) is 4.90 Å². The second-order valence-corrected chi connectivity index (χ2v) is 6.00. The number of carbonyl (C=O) groups excluding carboxylic acids is 1. The van der Waals surface area contributed by atoms with Crippen LogP contribution >= 0.6 is 0 Å². The van der Waals surface area contributed by atoms with Crippen LogP contribution < -0.4 is 4.90 Å². The highest BCUT2D eigenvalue weighted by Crippen LogP contribution is 2.34. The zero-order chi connectivity index (χ0) is 18.0. The van der Waals surface area contributed by atoms with E-state index in [-0.39, 0.29) is 17.4 Å². The Hall–Kier alpha value is -2.83. The van der Waals surface area contributed by atoms with Gasteiger partial charge in [0.1, 0.15) is 11.5 Å². The number of nitro groups is 1. The van der Waals surface area contributed by atoms with Gasteiger partial charge in [-0.3, -0.25) is 14.9 Å². The van der Waals surface area contributed by atoms with Crippen molar-refractivity contribution in [2.75, 3.05) is 18.0 Å². The number of ketones is 1. The average Bonchev–Trinajstić information content (AvgIpc) is 2.61. The van der Waals surface area contributed by atoms with Gasteiger partial charge < -0.3 is 4.90 Å². The molecule has 0 spiro atoms. The maximum Gasteiger partial charge on any atom is 0.327 e. The van der Waals surface area contributed by atoms with Crippen LogP contribution in [0, 0.1) is 27.7 Å². The smallest absolute Gasteiger partial charge is 0.327 e. The summed E-state index contributed by atoms with van der Waals surface area (Å²) < 4.78 is 26.7. The predicted octanol–water partition coefficient (Wildman–Crippen LogP) is 3.97. The first-order valence-corrected chi connectivity index (χ1v) is 7.95. The number of benzene rings is 2. The van der Waals surface area contributed by atoms with Crippen molar-refractivity contribution in [3.05, 3.63) is 69.8 Å². The average molecular weight is 346 g/mol. The first-order chi connectivity index (χ1) is 12.0. The lowest BCUT2D eigenvalue weighted by Gasteiger charge is -2.32. The number of piperidine rings is 1. The van der Waals surface area contributed by atoms with Gasteiger partial charge >= 0.3 is 5.69 Å². The van der Waals surface area contributed by atoms with Crippen molar-refractivity contribution < 1.29 is 18.5 Å². The topological polar surface area (TPSA) is 63.5 Å². The summed E-state index contributed by atoms with van der Waals surface area (Å²) in [5.41, 5.74) is 0.153. The van der Waals surface area contributed by atoms with Crippen molar-refractivity contribution in [1.82, 2.24) is 0 Å². The monoisotopic (exact) mass is 346 g/mol. The largest absolute Gasteiger partial charge is 0.366 e. The minimum Gasteiger partial charge on any atom is -0.366 e. The first kappa shape index (κ1) is 17.0. The van der Waals surface area contributed by atoms with E-state index in [2.05, 4.69) is 0 Å². The Morgan fingerprint density at radius 3 is 2.32 bits per heavy atom. The molecule has 1 fully saturated rings. The summed E-state index contributed by atoms with van der Waals surface area (Å²) in [5, 5.41) is 11.1. The fourth-order valence-corrected chi connectivity index (χ4v) is 3.17. The highest BCUT2D eigenvalue weighted by atomic mass is 19.1. The van der Waals surface area contributed by atoms with Crippen molar-refractivity contribution in [1.29, 1.82) is 0 Å². The molecule has 0 N–H and O–H groups in total. The maximum absolute atomic E-state index is 13.8. The van der Waals surface area contributed by atoms with Crippen molar-refractivity contribution >= 4 is 17.2 Å². The lowest BCUT2D eigenvalue weighted by molar-refractivity contribution is -0.386. The van der Waals surface area contributed by atoms with Gasteiger partial charge in [-0.1, -0.05) is 6.07 Å². The van der Waals surface area contributed by atoms with Crippen molar-refractivity contribution in [3.8, 4) is 0 Å². The number of halogens is 2. The van der Waals surface area contributed by atoms with Crippen LogP contribution in [0.15, 0.2) is 42.5 Å². The minimum atomic E-state index is -0.869. The fourth-order valence-electron chi connectivity index (χ4n) is 3.17. The van der Waals surface area contributed by atoms with Crippen LogP contribution in [0.25, 0.3) is 0 Å². The third kappa shape index (κ3) is 3.50. The van der Waals surface area contributed by atoms with Gasteiger partial charge in [0.25, 0.3) is 0 Å². The molecule has 0 saturated carbocycles.